The Hall–Kier alpha value is -3.47. The highest BCUT2D eigenvalue weighted by atomic mass is 32.2. The van der Waals surface area contributed by atoms with Gasteiger partial charge in [-0.3, -0.25) is 0 Å². The number of benzene rings is 1. The second-order valence-electron chi connectivity index (χ2n) is 8.66. The van der Waals surface area contributed by atoms with E-state index >= 15 is 0 Å². The van der Waals surface area contributed by atoms with E-state index in [4.69, 9.17) is 4.74 Å². The largest absolute Gasteiger partial charge is 0.495 e. The molecule has 0 spiro atoms. The molecule has 1 aliphatic heterocycles. The van der Waals surface area contributed by atoms with Gasteiger partial charge in [0.15, 0.2) is 0 Å². The van der Waals surface area contributed by atoms with E-state index < -0.39 is 16.1 Å². The van der Waals surface area contributed by atoms with Gasteiger partial charge in [-0.05, 0) is 48.7 Å². The number of rotatable bonds is 6. The standard InChI is InChI=1S/C25H27N5O4S/c1-16-3-8-23(27-13-16)29-21-10-12-30(15-22(21)31)35(32,33)18-6-4-17(5-7-18)20-14-28-25-19(9-11-26-25)24(20)34-2/h3-9,11,13-14,21-22,31H,10,12,15H2,1-2H3,(H,26,28)(H,27,29)/t21-,22+/m1/s1. The fourth-order valence-corrected chi connectivity index (χ4v) is 5.87. The first kappa shape index (κ1) is 23.3. The lowest BCUT2D eigenvalue weighted by Gasteiger charge is -2.35. The van der Waals surface area contributed by atoms with Crippen LogP contribution in [0.1, 0.15) is 12.0 Å². The van der Waals surface area contributed by atoms with Crippen LogP contribution in [0.25, 0.3) is 22.2 Å². The van der Waals surface area contributed by atoms with Crippen LogP contribution in [0.2, 0.25) is 0 Å². The average molecular weight is 494 g/mol. The van der Waals surface area contributed by atoms with Gasteiger partial charge < -0.3 is 20.1 Å². The van der Waals surface area contributed by atoms with Gasteiger partial charge >= 0.3 is 0 Å². The summed E-state index contributed by atoms with van der Waals surface area (Å²) in [6, 6.07) is 12.1. The molecule has 0 bridgehead atoms. The molecule has 5 rings (SSSR count). The predicted octanol–water partition coefficient (Wildman–Crippen LogP) is 3.18. The summed E-state index contributed by atoms with van der Waals surface area (Å²) in [5.74, 6) is 1.34. The summed E-state index contributed by atoms with van der Waals surface area (Å²) >= 11 is 0. The van der Waals surface area contributed by atoms with Crippen molar-refractivity contribution >= 4 is 26.9 Å². The minimum atomic E-state index is -3.76. The Kier molecular flexibility index (Phi) is 6.18. The van der Waals surface area contributed by atoms with Crippen LogP contribution in [0, 0.1) is 6.92 Å². The lowest BCUT2D eigenvalue weighted by molar-refractivity contribution is 0.0949. The van der Waals surface area contributed by atoms with E-state index in [2.05, 4.69) is 20.3 Å². The van der Waals surface area contributed by atoms with Crippen molar-refractivity contribution in [2.75, 3.05) is 25.5 Å². The summed E-state index contributed by atoms with van der Waals surface area (Å²) in [6.07, 6.45) is 4.86. The Bertz CT molecular complexity index is 1440. The fourth-order valence-electron chi connectivity index (χ4n) is 4.40. The molecule has 1 aromatic carbocycles. The second-order valence-corrected chi connectivity index (χ2v) is 10.6. The summed E-state index contributed by atoms with van der Waals surface area (Å²) in [5, 5.41) is 14.7. The molecular formula is C25H27N5O4S. The maximum atomic E-state index is 13.3. The van der Waals surface area contributed by atoms with Crippen molar-refractivity contribution in [1.82, 2.24) is 19.3 Å². The number of pyridine rings is 2. The number of aryl methyl sites for hydroxylation is 1. The Morgan fingerprint density at radius 3 is 2.60 bits per heavy atom. The molecule has 0 unspecified atom stereocenters. The first-order valence-corrected chi connectivity index (χ1v) is 12.8. The number of anilines is 1. The van der Waals surface area contributed by atoms with E-state index in [1.165, 1.54) is 4.31 Å². The van der Waals surface area contributed by atoms with E-state index in [-0.39, 0.29) is 17.5 Å². The van der Waals surface area contributed by atoms with Gasteiger partial charge in [0.1, 0.15) is 17.2 Å². The van der Waals surface area contributed by atoms with Crippen molar-refractivity contribution < 1.29 is 18.3 Å². The molecule has 0 amide bonds. The number of aliphatic hydroxyl groups excluding tert-OH is 1. The van der Waals surface area contributed by atoms with Crippen molar-refractivity contribution in [3.05, 3.63) is 66.6 Å². The van der Waals surface area contributed by atoms with Crippen molar-refractivity contribution in [3.8, 4) is 16.9 Å². The van der Waals surface area contributed by atoms with E-state index in [0.717, 1.165) is 27.7 Å². The highest BCUT2D eigenvalue weighted by Gasteiger charge is 2.35. The number of hydrogen-bond acceptors (Lipinski definition) is 7. The SMILES string of the molecule is COc1c(-c2ccc(S(=O)(=O)N3CC[C@@H](Nc4ccc(C)cn4)[C@@H](O)C3)cc2)cnc2[nH]ccc12. The smallest absolute Gasteiger partial charge is 0.243 e. The maximum Gasteiger partial charge on any atom is 0.243 e. The number of ether oxygens (including phenoxy) is 1. The molecule has 182 valence electrons. The summed E-state index contributed by atoms with van der Waals surface area (Å²) in [5.41, 5.74) is 3.34. The quantitative estimate of drug-likeness (QED) is 0.377. The number of fused-ring (bicyclic) bond motifs is 1. The third kappa shape index (κ3) is 4.47. The Labute approximate surface area is 203 Å². The number of aromatic amines is 1. The molecule has 0 aliphatic carbocycles. The van der Waals surface area contributed by atoms with Crippen LogP contribution in [0.15, 0.2) is 66.0 Å². The zero-order valence-corrected chi connectivity index (χ0v) is 20.3. The lowest BCUT2D eigenvalue weighted by atomic mass is 10.0. The third-order valence-corrected chi connectivity index (χ3v) is 8.21. The second kappa shape index (κ2) is 9.29. The van der Waals surface area contributed by atoms with Gasteiger partial charge in [-0.1, -0.05) is 18.2 Å². The molecule has 2 atom stereocenters. The Balaban J connectivity index is 1.32. The Morgan fingerprint density at radius 1 is 1.11 bits per heavy atom. The molecule has 4 heterocycles. The zero-order chi connectivity index (χ0) is 24.6. The fraction of sp³-hybridized carbons (Fsp3) is 0.280. The van der Waals surface area contributed by atoms with Gasteiger partial charge in [0.05, 0.1) is 29.5 Å². The van der Waals surface area contributed by atoms with Crippen molar-refractivity contribution in [3.63, 3.8) is 0 Å². The number of methoxy groups -OCH3 is 1. The van der Waals surface area contributed by atoms with Crippen LogP contribution in [0.4, 0.5) is 5.82 Å². The molecule has 10 heteroatoms. The number of H-pyrrole nitrogens is 1. The zero-order valence-electron chi connectivity index (χ0n) is 19.5. The van der Waals surface area contributed by atoms with Crippen LogP contribution in [0.5, 0.6) is 5.75 Å². The van der Waals surface area contributed by atoms with Crippen molar-refractivity contribution in [2.24, 2.45) is 0 Å². The number of piperidine rings is 1. The van der Waals surface area contributed by atoms with Crippen LogP contribution < -0.4 is 10.1 Å². The van der Waals surface area contributed by atoms with Gasteiger partial charge in [-0.15, -0.1) is 0 Å². The number of aliphatic hydroxyl groups is 1. The first-order chi connectivity index (χ1) is 16.9. The van der Waals surface area contributed by atoms with Gasteiger partial charge in [0.2, 0.25) is 10.0 Å². The van der Waals surface area contributed by atoms with Crippen LogP contribution in [-0.4, -0.2) is 65.1 Å². The molecule has 1 fully saturated rings. The molecule has 9 nitrogen and oxygen atoms in total. The van der Waals surface area contributed by atoms with Crippen LogP contribution in [0.3, 0.4) is 0 Å². The number of β-amino-alcohol motifs (C(OH)–C–C–N with tert-alkyl or cyclic N) is 1. The van der Waals surface area contributed by atoms with Crippen LogP contribution >= 0.6 is 0 Å². The van der Waals surface area contributed by atoms with E-state index in [0.29, 0.717) is 24.5 Å². The minimum absolute atomic E-state index is 0.00944. The normalized spacial score (nSPS) is 19.1. The first-order valence-electron chi connectivity index (χ1n) is 11.3. The third-order valence-electron chi connectivity index (χ3n) is 6.33. The van der Waals surface area contributed by atoms with Gasteiger partial charge in [0.25, 0.3) is 0 Å². The van der Waals surface area contributed by atoms with Gasteiger partial charge in [-0.2, -0.15) is 4.31 Å². The Morgan fingerprint density at radius 2 is 1.91 bits per heavy atom. The summed E-state index contributed by atoms with van der Waals surface area (Å²) < 4.78 is 33.5. The average Bonchev–Trinajstić information content (AvgIpc) is 3.35. The summed E-state index contributed by atoms with van der Waals surface area (Å²) in [7, 11) is -2.16. The molecule has 3 N–H and O–H groups in total. The number of sulfonamides is 1. The molecule has 4 aromatic rings. The number of nitrogens with one attached hydrogen (secondary N) is 2. The van der Waals surface area contributed by atoms with Gasteiger partial charge in [0, 0.05) is 37.2 Å². The summed E-state index contributed by atoms with van der Waals surface area (Å²) in [4.78, 5) is 12.0. The molecule has 0 radical (unpaired) electrons. The van der Waals surface area contributed by atoms with E-state index in [9.17, 15) is 13.5 Å². The monoisotopic (exact) mass is 493 g/mol. The van der Waals surface area contributed by atoms with Crippen molar-refractivity contribution in [2.45, 2.75) is 30.4 Å². The topological polar surface area (TPSA) is 120 Å². The molecule has 1 saturated heterocycles. The molecule has 0 saturated carbocycles. The summed E-state index contributed by atoms with van der Waals surface area (Å²) in [6.45, 7) is 2.26. The highest BCUT2D eigenvalue weighted by molar-refractivity contribution is 7.89. The van der Waals surface area contributed by atoms with Crippen molar-refractivity contribution in [1.29, 1.82) is 0 Å². The molecule has 35 heavy (non-hydrogen) atoms. The van der Waals surface area contributed by atoms with E-state index in [1.807, 2.05) is 25.1 Å². The molecule has 1 aliphatic rings. The maximum absolute atomic E-state index is 13.3. The van der Waals surface area contributed by atoms with Gasteiger partial charge in [-0.25, -0.2) is 18.4 Å². The number of hydrogen-bond donors (Lipinski definition) is 3. The predicted molar refractivity (Wildman–Crippen MR) is 134 cm³/mol. The number of aromatic nitrogens is 3. The molecule has 3 aromatic heterocycles. The minimum Gasteiger partial charge on any atom is -0.495 e. The molecular weight excluding hydrogens is 466 g/mol. The lowest BCUT2D eigenvalue weighted by Crippen LogP contribution is -2.51. The van der Waals surface area contributed by atoms with Crippen LogP contribution in [-0.2, 0) is 10.0 Å². The highest BCUT2D eigenvalue weighted by Crippen LogP contribution is 2.35. The number of nitrogens with zero attached hydrogens (tertiary/aromatic N) is 3. The van der Waals surface area contributed by atoms with E-state index in [1.54, 1.807) is 50.0 Å².